The summed E-state index contributed by atoms with van der Waals surface area (Å²) in [6, 6.07) is 4.79. The van der Waals surface area contributed by atoms with Crippen LogP contribution in [0.4, 0.5) is 17.1 Å². The van der Waals surface area contributed by atoms with Crippen LogP contribution in [0.15, 0.2) is 18.2 Å². The van der Waals surface area contributed by atoms with Gasteiger partial charge in [-0.15, -0.1) is 0 Å². The molecular weight excluding hydrogens is 250 g/mol. The Morgan fingerprint density at radius 3 is 2.72 bits per heavy atom. The topological polar surface area (TPSA) is 81.2 Å². The lowest BCUT2D eigenvalue weighted by molar-refractivity contribution is -0.383. The molecule has 0 spiro atoms. The van der Waals surface area contributed by atoms with Gasteiger partial charge >= 0.3 is 0 Å². The Hall–Kier alpha value is -1.43. The first-order valence-corrected chi connectivity index (χ1v) is 7.12. The van der Waals surface area contributed by atoms with E-state index in [0.29, 0.717) is 4.75 Å². The second kappa shape index (κ2) is 5.06. The van der Waals surface area contributed by atoms with E-state index in [1.807, 2.05) is 11.8 Å². The Kier molecular flexibility index (Phi) is 3.65. The summed E-state index contributed by atoms with van der Waals surface area (Å²) in [5, 5.41) is 14.0. The number of nitrogens with one attached hydrogen (secondary N) is 1. The van der Waals surface area contributed by atoms with E-state index in [2.05, 4.69) is 11.6 Å². The van der Waals surface area contributed by atoms with Gasteiger partial charge in [-0.3, -0.25) is 10.1 Å². The lowest BCUT2D eigenvalue weighted by Gasteiger charge is -2.40. The number of nitrogens with two attached hydrogens (primary N) is 1. The van der Waals surface area contributed by atoms with E-state index in [4.69, 9.17) is 5.73 Å². The summed E-state index contributed by atoms with van der Waals surface area (Å²) in [5.41, 5.74) is 6.67. The highest BCUT2D eigenvalue weighted by Crippen LogP contribution is 2.42. The average Bonchev–Trinajstić information content (AvgIpc) is 2.27. The molecule has 0 saturated heterocycles. The summed E-state index contributed by atoms with van der Waals surface area (Å²) in [6.45, 7) is 0.880. The van der Waals surface area contributed by atoms with Crippen LogP contribution < -0.4 is 11.1 Å². The molecule has 1 aromatic rings. The maximum Gasteiger partial charge on any atom is 0.292 e. The molecular formula is C12H17N3O2S. The van der Waals surface area contributed by atoms with Gasteiger partial charge in [-0.2, -0.15) is 11.8 Å². The third-order valence-electron chi connectivity index (χ3n) is 3.54. The number of thioether (sulfide) groups is 1. The number of nitro benzene ring substituents is 1. The first kappa shape index (κ1) is 13.0. The van der Waals surface area contributed by atoms with Crippen molar-refractivity contribution >= 4 is 28.8 Å². The fourth-order valence-electron chi connectivity index (χ4n) is 2.12. The van der Waals surface area contributed by atoms with E-state index in [1.165, 1.54) is 25.3 Å². The molecule has 0 atom stereocenters. The lowest BCUT2D eigenvalue weighted by atomic mass is 9.84. The van der Waals surface area contributed by atoms with Crippen LogP contribution in [0.5, 0.6) is 0 Å². The minimum Gasteiger partial charge on any atom is -0.393 e. The number of hydrogen-bond donors (Lipinski definition) is 2. The first-order valence-electron chi connectivity index (χ1n) is 5.89. The van der Waals surface area contributed by atoms with E-state index in [1.54, 1.807) is 12.1 Å². The normalized spacial score (nSPS) is 16.9. The summed E-state index contributed by atoms with van der Waals surface area (Å²) in [6.07, 6.45) is 5.86. The largest absolute Gasteiger partial charge is 0.393 e. The van der Waals surface area contributed by atoms with Crippen molar-refractivity contribution in [1.29, 1.82) is 0 Å². The molecule has 5 nitrogen and oxygen atoms in total. The van der Waals surface area contributed by atoms with Crippen LogP contribution in [-0.4, -0.2) is 22.5 Å². The van der Waals surface area contributed by atoms with Gasteiger partial charge in [0.05, 0.1) is 4.92 Å². The predicted molar refractivity (Wildman–Crippen MR) is 76.1 cm³/mol. The van der Waals surface area contributed by atoms with Gasteiger partial charge in [-0.25, -0.2) is 0 Å². The van der Waals surface area contributed by atoms with Crippen LogP contribution in [0.2, 0.25) is 0 Å². The van der Waals surface area contributed by atoms with Gasteiger partial charge in [-0.1, -0.05) is 6.42 Å². The summed E-state index contributed by atoms with van der Waals surface area (Å²) in [7, 11) is 0. The fraction of sp³-hybridized carbons (Fsp3) is 0.500. The Morgan fingerprint density at radius 1 is 1.56 bits per heavy atom. The van der Waals surface area contributed by atoms with Gasteiger partial charge in [0, 0.05) is 23.0 Å². The fourth-order valence-corrected chi connectivity index (χ4v) is 3.03. The van der Waals surface area contributed by atoms with Gasteiger partial charge in [0.25, 0.3) is 5.69 Å². The molecule has 0 unspecified atom stereocenters. The van der Waals surface area contributed by atoms with Crippen molar-refractivity contribution in [2.75, 3.05) is 23.9 Å². The van der Waals surface area contributed by atoms with E-state index in [0.717, 1.165) is 12.2 Å². The summed E-state index contributed by atoms with van der Waals surface area (Å²) >= 11 is 1.89. The number of hydrogen-bond acceptors (Lipinski definition) is 5. The Bertz CT molecular complexity index is 455. The van der Waals surface area contributed by atoms with E-state index >= 15 is 0 Å². The molecule has 1 aliphatic rings. The van der Waals surface area contributed by atoms with Crippen molar-refractivity contribution < 1.29 is 4.92 Å². The third-order valence-corrected chi connectivity index (χ3v) is 4.96. The Labute approximate surface area is 110 Å². The van der Waals surface area contributed by atoms with Crippen LogP contribution in [0.25, 0.3) is 0 Å². The molecule has 3 N–H and O–H groups in total. The molecule has 1 fully saturated rings. The molecule has 0 bridgehead atoms. The maximum atomic E-state index is 10.7. The molecule has 0 aliphatic heterocycles. The van der Waals surface area contributed by atoms with Gasteiger partial charge in [0.15, 0.2) is 0 Å². The Morgan fingerprint density at radius 2 is 2.28 bits per heavy atom. The van der Waals surface area contributed by atoms with Crippen molar-refractivity contribution in [3.8, 4) is 0 Å². The average molecular weight is 267 g/mol. The minimum absolute atomic E-state index is 0.0382. The standard InChI is InChI=1S/C12H17N3O2S/c1-18-12(5-2-6-12)8-14-9-3-4-11(15(16)17)10(13)7-9/h3-4,7,14H,2,5-6,8,13H2,1H3. The second-order valence-electron chi connectivity index (χ2n) is 4.62. The maximum absolute atomic E-state index is 10.7. The zero-order chi connectivity index (χ0) is 13.2. The van der Waals surface area contributed by atoms with Gasteiger partial charge in [-0.05, 0) is 31.2 Å². The van der Waals surface area contributed by atoms with Crippen LogP contribution in [-0.2, 0) is 0 Å². The molecule has 2 rings (SSSR count). The zero-order valence-electron chi connectivity index (χ0n) is 10.3. The summed E-state index contributed by atoms with van der Waals surface area (Å²) in [5.74, 6) is 0. The molecule has 18 heavy (non-hydrogen) atoms. The van der Waals surface area contributed by atoms with Gasteiger partial charge < -0.3 is 11.1 Å². The van der Waals surface area contributed by atoms with Crippen LogP contribution in [0.1, 0.15) is 19.3 Å². The highest BCUT2D eigenvalue weighted by Gasteiger charge is 2.35. The summed E-state index contributed by atoms with van der Waals surface area (Å²) < 4.78 is 0.330. The number of rotatable bonds is 5. The van der Waals surface area contributed by atoms with E-state index < -0.39 is 4.92 Å². The van der Waals surface area contributed by atoms with Crippen molar-refractivity contribution in [2.24, 2.45) is 0 Å². The minimum atomic E-state index is -0.464. The highest BCUT2D eigenvalue weighted by atomic mass is 32.2. The number of nitrogens with zero attached hydrogens (tertiary/aromatic N) is 1. The lowest BCUT2D eigenvalue weighted by Crippen LogP contribution is -2.40. The molecule has 0 amide bonds. The van der Waals surface area contributed by atoms with Crippen LogP contribution >= 0.6 is 11.8 Å². The van der Waals surface area contributed by atoms with E-state index in [9.17, 15) is 10.1 Å². The zero-order valence-corrected chi connectivity index (χ0v) is 11.1. The number of nitrogen functional groups attached to an aromatic ring is 1. The molecule has 1 aromatic carbocycles. The molecule has 6 heteroatoms. The molecule has 0 radical (unpaired) electrons. The van der Waals surface area contributed by atoms with Crippen molar-refractivity contribution in [1.82, 2.24) is 0 Å². The molecule has 1 saturated carbocycles. The Balaban J connectivity index is 2.02. The van der Waals surface area contributed by atoms with E-state index in [-0.39, 0.29) is 11.4 Å². The number of benzene rings is 1. The van der Waals surface area contributed by atoms with Crippen molar-refractivity contribution in [2.45, 2.75) is 24.0 Å². The molecule has 0 heterocycles. The smallest absolute Gasteiger partial charge is 0.292 e. The molecule has 0 aromatic heterocycles. The highest BCUT2D eigenvalue weighted by molar-refractivity contribution is 8.00. The molecule has 98 valence electrons. The van der Waals surface area contributed by atoms with Gasteiger partial charge in [0.2, 0.25) is 0 Å². The SMILES string of the molecule is CSC1(CNc2ccc([N+](=O)[O-])c(N)c2)CCC1. The van der Waals surface area contributed by atoms with Crippen LogP contribution in [0.3, 0.4) is 0 Å². The third kappa shape index (κ3) is 2.53. The van der Waals surface area contributed by atoms with Crippen molar-refractivity contribution in [3.63, 3.8) is 0 Å². The van der Waals surface area contributed by atoms with Crippen LogP contribution in [0, 0.1) is 10.1 Å². The monoisotopic (exact) mass is 267 g/mol. The second-order valence-corrected chi connectivity index (χ2v) is 5.90. The quantitative estimate of drug-likeness (QED) is 0.487. The number of anilines is 2. The van der Waals surface area contributed by atoms with Crippen molar-refractivity contribution in [3.05, 3.63) is 28.3 Å². The predicted octanol–water partition coefficient (Wildman–Crippen LogP) is 2.87. The first-order chi connectivity index (χ1) is 8.56. The van der Waals surface area contributed by atoms with Gasteiger partial charge in [0.1, 0.15) is 5.69 Å². The number of nitro groups is 1. The summed E-state index contributed by atoms with van der Waals surface area (Å²) in [4.78, 5) is 10.2. The molecule has 1 aliphatic carbocycles.